The number of aryl methyl sites for hydroxylation is 1. The van der Waals surface area contributed by atoms with Crippen molar-refractivity contribution in [3.8, 4) is 0 Å². The summed E-state index contributed by atoms with van der Waals surface area (Å²) in [6, 6.07) is 5.57. The van der Waals surface area contributed by atoms with Gasteiger partial charge in [-0.1, -0.05) is 22.0 Å². The second-order valence-corrected chi connectivity index (χ2v) is 5.43. The number of nitrogens with zero attached hydrogens (tertiary/aromatic N) is 2. The number of piperidine rings is 1. The molecule has 16 heavy (non-hydrogen) atoms. The van der Waals surface area contributed by atoms with E-state index in [-0.39, 0.29) is 5.91 Å². The summed E-state index contributed by atoms with van der Waals surface area (Å²) in [5, 5.41) is 0. The molecule has 0 saturated carbocycles. The average molecular weight is 283 g/mol. The molecule has 0 bridgehead atoms. The Morgan fingerprint density at radius 1 is 1.44 bits per heavy atom. The molecular weight excluding hydrogens is 268 g/mol. The number of hydrogen-bond acceptors (Lipinski definition) is 2. The molecule has 2 heterocycles. The van der Waals surface area contributed by atoms with Crippen molar-refractivity contribution in [2.24, 2.45) is 0 Å². The topological polar surface area (TPSA) is 33.2 Å². The first kappa shape index (κ1) is 11.6. The maximum Gasteiger partial charge on any atom is 0.272 e. The smallest absolute Gasteiger partial charge is 0.272 e. The van der Waals surface area contributed by atoms with E-state index in [0.717, 1.165) is 31.6 Å². The molecule has 0 spiro atoms. The number of amides is 1. The predicted octanol–water partition coefficient (Wildman–Crippen LogP) is 2.39. The van der Waals surface area contributed by atoms with E-state index < -0.39 is 0 Å². The van der Waals surface area contributed by atoms with Crippen LogP contribution in [0.1, 0.15) is 29.0 Å². The lowest BCUT2D eigenvalue weighted by molar-refractivity contribution is 0.0722. The zero-order valence-electron chi connectivity index (χ0n) is 9.32. The number of pyridine rings is 1. The molecule has 1 aliphatic rings. The highest BCUT2D eigenvalue weighted by molar-refractivity contribution is 9.09. The Morgan fingerprint density at radius 3 is 2.75 bits per heavy atom. The van der Waals surface area contributed by atoms with E-state index in [9.17, 15) is 4.79 Å². The van der Waals surface area contributed by atoms with Crippen LogP contribution >= 0.6 is 15.9 Å². The van der Waals surface area contributed by atoms with Crippen molar-refractivity contribution in [3.05, 3.63) is 29.6 Å². The van der Waals surface area contributed by atoms with E-state index in [1.807, 2.05) is 24.0 Å². The number of aromatic nitrogens is 1. The first-order valence-corrected chi connectivity index (χ1v) is 6.45. The summed E-state index contributed by atoms with van der Waals surface area (Å²) < 4.78 is 0. The number of alkyl halides is 1. The summed E-state index contributed by atoms with van der Waals surface area (Å²) in [5.41, 5.74) is 1.45. The van der Waals surface area contributed by atoms with Crippen LogP contribution in [0.2, 0.25) is 0 Å². The first-order valence-electron chi connectivity index (χ1n) is 5.54. The maximum atomic E-state index is 12.1. The minimum atomic E-state index is 0.0584. The van der Waals surface area contributed by atoms with E-state index in [2.05, 4.69) is 20.9 Å². The number of rotatable bonds is 1. The van der Waals surface area contributed by atoms with Crippen LogP contribution in [0.15, 0.2) is 18.2 Å². The lowest BCUT2D eigenvalue weighted by Gasteiger charge is -2.29. The van der Waals surface area contributed by atoms with Crippen LogP contribution in [-0.2, 0) is 0 Å². The second-order valence-electron chi connectivity index (χ2n) is 4.13. The minimum absolute atomic E-state index is 0.0584. The van der Waals surface area contributed by atoms with Crippen LogP contribution in [0.25, 0.3) is 0 Å². The lowest BCUT2D eigenvalue weighted by Crippen LogP contribution is -2.39. The number of likely N-dealkylation sites (tertiary alicyclic amines) is 1. The number of halogens is 1. The third-order valence-electron chi connectivity index (χ3n) is 2.82. The molecule has 3 nitrogen and oxygen atoms in total. The molecule has 0 atom stereocenters. The third-order valence-corrected chi connectivity index (χ3v) is 3.73. The van der Waals surface area contributed by atoms with Crippen molar-refractivity contribution in [1.82, 2.24) is 9.88 Å². The van der Waals surface area contributed by atoms with E-state index in [1.54, 1.807) is 6.07 Å². The molecule has 0 radical (unpaired) electrons. The summed E-state index contributed by atoms with van der Waals surface area (Å²) in [6.45, 7) is 3.55. The van der Waals surface area contributed by atoms with Crippen LogP contribution in [-0.4, -0.2) is 33.7 Å². The average Bonchev–Trinajstić information content (AvgIpc) is 2.29. The normalized spacial score (nSPS) is 17.5. The highest BCUT2D eigenvalue weighted by atomic mass is 79.9. The van der Waals surface area contributed by atoms with Gasteiger partial charge < -0.3 is 4.90 Å². The van der Waals surface area contributed by atoms with Gasteiger partial charge in [-0.05, 0) is 31.9 Å². The van der Waals surface area contributed by atoms with Gasteiger partial charge in [0.25, 0.3) is 5.91 Å². The van der Waals surface area contributed by atoms with Gasteiger partial charge in [0.1, 0.15) is 5.69 Å². The predicted molar refractivity (Wildman–Crippen MR) is 66.8 cm³/mol. The van der Waals surface area contributed by atoms with Crippen LogP contribution < -0.4 is 0 Å². The van der Waals surface area contributed by atoms with E-state index in [1.165, 1.54) is 0 Å². The Balaban J connectivity index is 2.08. The fraction of sp³-hybridized carbons (Fsp3) is 0.500. The number of hydrogen-bond donors (Lipinski definition) is 0. The Labute approximate surface area is 104 Å². The summed E-state index contributed by atoms with van der Waals surface area (Å²) >= 11 is 3.58. The highest BCUT2D eigenvalue weighted by Gasteiger charge is 2.22. The van der Waals surface area contributed by atoms with Crippen molar-refractivity contribution in [1.29, 1.82) is 0 Å². The van der Waals surface area contributed by atoms with Crippen molar-refractivity contribution < 1.29 is 4.79 Å². The second kappa shape index (κ2) is 4.95. The van der Waals surface area contributed by atoms with Gasteiger partial charge in [0.2, 0.25) is 0 Å². The fourth-order valence-electron chi connectivity index (χ4n) is 1.88. The quantitative estimate of drug-likeness (QED) is 0.741. The zero-order chi connectivity index (χ0) is 11.5. The van der Waals surface area contributed by atoms with E-state index in [4.69, 9.17) is 0 Å². The zero-order valence-corrected chi connectivity index (χ0v) is 10.9. The molecule has 1 saturated heterocycles. The molecule has 1 aromatic rings. The SMILES string of the molecule is Cc1cccc(C(=O)N2CCC(Br)CC2)n1. The molecule has 1 aromatic heterocycles. The van der Waals surface area contributed by atoms with Crippen molar-refractivity contribution >= 4 is 21.8 Å². The molecule has 0 aliphatic carbocycles. The van der Waals surface area contributed by atoms with Gasteiger partial charge in [0.15, 0.2) is 0 Å². The molecule has 86 valence electrons. The Kier molecular flexibility index (Phi) is 3.59. The Morgan fingerprint density at radius 2 is 2.12 bits per heavy atom. The van der Waals surface area contributed by atoms with Gasteiger partial charge in [0, 0.05) is 23.6 Å². The van der Waals surface area contributed by atoms with Gasteiger partial charge in [-0.15, -0.1) is 0 Å². The van der Waals surface area contributed by atoms with Gasteiger partial charge in [-0.25, -0.2) is 4.98 Å². The number of carbonyl (C=O) groups excluding carboxylic acids is 1. The highest BCUT2D eigenvalue weighted by Crippen LogP contribution is 2.18. The monoisotopic (exact) mass is 282 g/mol. The maximum absolute atomic E-state index is 12.1. The Hall–Kier alpha value is -0.900. The summed E-state index contributed by atoms with van der Waals surface area (Å²) in [4.78, 5) is 18.8. The molecule has 1 aliphatic heterocycles. The van der Waals surface area contributed by atoms with Crippen molar-refractivity contribution in [3.63, 3.8) is 0 Å². The number of carbonyl (C=O) groups is 1. The summed E-state index contributed by atoms with van der Waals surface area (Å²) in [5.74, 6) is 0.0584. The molecule has 4 heteroatoms. The van der Waals surface area contributed by atoms with Crippen LogP contribution in [0.3, 0.4) is 0 Å². The van der Waals surface area contributed by atoms with Crippen LogP contribution in [0, 0.1) is 6.92 Å². The lowest BCUT2D eigenvalue weighted by atomic mass is 10.1. The molecule has 0 unspecified atom stereocenters. The summed E-state index contributed by atoms with van der Waals surface area (Å²) in [6.07, 6.45) is 2.05. The van der Waals surface area contributed by atoms with Gasteiger partial charge in [0.05, 0.1) is 0 Å². The molecule has 0 aromatic carbocycles. The largest absolute Gasteiger partial charge is 0.337 e. The van der Waals surface area contributed by atoms with Crippen LogP contribution in [0.4, 0.5) is 0 Å². The van der Waals surface area contributed by atoms with E-state index in [0.29, 0.717) is 10.5 Å². The van der Waals surface area contributed by atoms with Gasteiger partial charge in [-0.2, -0.15) is 0 Å². The molecule has 1 amide bonds. The van der Waals surface area contributed by atoms with Gasteiger partial charge >= 0.3 is 0 Å². The van der Waals surface area contributed by atoms with Crippen molar-refractivity contribution in [2.75, 3.05) is 13.1 Å². The Bertz CT molecular complexity index is 386. The fourth-order valence-corrected chi connectivity index (χ4v) is 2.28. The van der Waals surface area contributed by atoms with Crippen LogP contribution in [0.5, 0.6) is 0 Å². The van der Waals surface area contributed by atoms with Gasteiger partial charge in [-0.3, -0.25) is 4.79 Å². The van der Waals surface area contributed by atoms with Crippen molar-refractivity contribution in [2.45, 2.75) is 24.6 Å². The minimum Gasteiger partial charge on any atom is -0.337 e. The molecule has 2 rings (SSSR count). The third kappa shape index (κ3) is 2.61. The van der Waals surface area contributed by atoms with E-state index >= 15 is 0 Å². The standard InChI is InChI=1S/C12H15BrN2O/c1-9-3-2-4-11(14-9)12(16)15-7-5-10(13)6-8-15/h2-4,10H,5-8H2,1H3. The molecule has 0 N–H and O–H groups in total. The molecular formula is C12H15BrN2O. The first-order chi connectivity index (χ1) is 7.66. The summed E-state index contributed by atoms with van der Waals surface area (Å²) in [7, 11) is 0. The molecule has 1 fully saturated rings.